The lowest BCUT2D eigenvalue weighted by atomic mass is 10.2. The molecule has 1 N–H and O–H groups in total. The van der Waals surface area contributed by atoms with Gasteiger partial charge in [-0.15, -0.1) is 0 Å². The van der Waals surface area contributed by atoms with Crippen LogP contribution in [0.5, 0.6) is 11.5 Å². The Kier molecular flexibility index (Phi) is 7.69. The van der Waals surface area contributed by atoms with Crippen molar-refractivity contribution in [3.8, 4) is 11.5 Å². The lowest BCUT2D eigenvalue weighted by molar-refractivity contribution is -0.113. The number of hydrogen-bond donors (Lipinski definition) is 1. The van der Waals surface area contributed by atoms with Crippen LogP contribution in [0.4, 0.5) is 21.6 Å². The predicted molar refractivity (Wildman–Crippen MR) is 132 cm³/mol. The number of rotatable bonds is 8. The molecule has 10 heteroatoms. The quantitative estimate of drug-likeness (QED) is 0.384. The first-order valence-corrected chi connectivity index (χ1v) is 11.8. The van der Waals surface area contributed by atoms with Crippen LogP contribution < -0.4 is 24.6 Å². The summed E-state index contributed by atoms with van der Waals surface area (Å²) in [7, 11) is 3.11. The summed E-state index contributed by atoms with van der Waals surface area (Å²) in [5.74, 6) is 1.75. The predicted octanol–water partition coefficient (Wildman–Crippen LogP) is 3.69. The number of benzene rings is 2. The van der Waals surface area contributed by atoms with E-state index in [0.717, 1.165) is 37.7 Å². The highest BCUT2D eigenvalue weighted by molar-refractivity contribution is 7.99. The van der Waals surface area contributed by atoms with Gasteiger partial charge in [0.05, 0.1) is 20.0 Å². The Morgan fingerprint density at radius 2 is 1.71 bits per heavy atom. The second-order valence-electron chi connectivity index (χ2n) is 7.55. The average molecular weight is 484 g/mol. The highest BCUT2D eigenvalue weighted by atomic mass is 32.2. The maximum absolute atomic E-state index is 13.2. The molecule has 2 heterocycles. The smallest absolute Gasteiger partial charge is 0.234 e. The van der Waals surface area contributed by atoms with Crippen LogP contribution in [0.2, 0.25) is 0 Å². The summed E-state index contributed by atoms with van der Waals surface area (Å²) in [6, 6.07) is 13.7. The summed E-state index contributed by atoms with van der Waals surface area (Å²) < 4.78 is 23.7. The van der Waals surface area contributed by atoms with Crippen LogP contribution in [-0.2, 0) is 4.79 Å². The van der Waals surface area contributed by atoms with E-state index >= 15 is 0 Å². The van der Waals surface area contributed by atoms with Gasteiger partial charge in [-0.1, -0.05) is 11.8 Å². The summed E-state index contributed by atoms with van der Waals surface area (Å²) in [5, 5.41) is 3.39. The Morgan fingerprint density at radius 1 is 1.00 bits per heavy atom. The molecule has 1 amide bonds. The first kappa shape index (κ1) is 23.6. The average Bonchev–Trinajstić information content (AvgIpc) is 2.88. The molecule has 0 saturated carbocycles. The van der Waals surface area contributed by atoms with Crippen molar-refractivity contribution < 1.29 is 18.7 Å². The van der Waals surface area contributed by atoms with Crippen LogP contribution in [0, 0.1) is 5.82 Å². The van der Waals surface area contributed by atoms with E-state index in [-0.39, 0.29) is 17.5 Å². The van der Waals surface area contributed by atoms with E-state index in [1.165, 1.54) is 23.9 Å². The third kappa shape index (κ3) is 5.88. The van der Waals surface area contributed by atoms with Crippen molar-refractivity contribution in [1.29, 1.82) is 0 Å². The van der Waals surface area contributed by atoms with Crippen LogP contribution in [-0.4, -0.2) is 62.0 Å². The summed E-state index contributed by atoms with van der Waals surface area (Å²) in [5.41, 5.74) is 1.64. The Hall–Kier alpha value is -3.53. The number of piperazine rings is 1. The minimum atomic E-state index is -0.231. The highest BCUT2D eigenvalue weighted by Gasteiger charge is 2.19. The summed E-state index contributed by atoms with van der Waals surface area (Å²) in [6.07, 6.45) is 1.71. The number of anilines is 3. The van der Waals surface area contributed by atoms with Gasteiger partial charge in [-0.3, -0.25) is 4.79 Å². The fourth-order valence-corrected chi connectivity index (χ4v) is 4.29. The fourth-order valence-electron chi connectivity index (χ4n) is 3.66. The normalized spacial score (nSPS) is 13.5. The number of carbonyl (C=O) groups excluding carboxylic acids is 1. The summed E-state index contributed by atoms with van der Waals surface area (Å²) in [6.45, 7) is 3.20. The van der Waals surface area contributed by atoms with Gasteiger partial charge >= 0.3 is 0 Å². The second-order valence-corrected chi connectivity index (χ2v) is 8.50. The number of amides is 1. The Morgan fingerprint density at radius 3 is 2.41 bits per heavy atom. The van der Waals surface area contributed by atoms with E-state index in [2.05, 4.69) is 25.1 Å². The maximum atomic E-state index is 13.2. The monoisotopic (exact) mass is 483 g/mol. The molecule has 1 saturated heterocycles. The molecule has 3 aromatic rings. The molecular weight excluding hydrogens is 457 g/mol. The molecule has 1 aliphatic heterocycles. The van der Waals surface area contributed by atoms with Crippen LogP contribution in [0.3, 0.4) is 0 Å². The van der Waals surface area contributed by atoms with E-state index in [9.17, 15) is 9.18 Å². The van der Waals surface area contributed by atoms with Gasteiger partial charge in [0.2, 0.25) is 5.91 Å². The number of nitrogens with one attached hydrogen (secondary N) is 1. The van der Waals surface area contributed by atoms with Crippen molar-refractivity contribution in [2.75, 3.05) is 61.3 Å². The molecule has 1 aromatic heterocycles. The molecule has 0 radical (unpaired) electrons. The van der Waals surface area contributed by atoms with E-state index in [1.807, 2.05) is 6.07 Å². The second kappa shape index (κ2) is 11.1. The minimum Gasteiger partial charge on any atom is -0.493 e. The Bertz CT molecular complexity index is 1120. The zero-order chi connectivity index (χ0) is 23.9. The Balaban J connectivity index is 1.30. The zero-order valence-corrected chi connectivity index (χ0v) is 19.8. The van der Waals surface area contributed by atoms with Crippen LogP contribution in [0.15, 0.2) is 59.9 Å². The maximum Gasteiger partial charge on any atom is 0.234 e. The number of methoxy groups -OCH3 is 2. The van der Waals surface area contributed by atoms with Crippen molar-refractivity contribution in [3.05, 3.63) is 60.5 Å². The SMILES string of the molecule is COc1ccc(NC(=O)CSc2nccc(N3CCN(c4ccc(F)cc4)CC3)n2)cc1OC. The van der Waals surface area contributed by atoms with Crippen molar-refractivity contribution in [3.63, 3.8) is 0 Å². The minimum absolute atomic E-state index is 0.167. The largest absolute Gasteiger partial charge is 0.493 e. The van der Waals surface area contributed by atoms with Gasteiger partial charge in [0.25, 0.3) is 0 Å². The number of nitrogens with zero attached hydrogens (tertiary/aromatic N) is 4. The molecule has 0 unspecified atom stereocenters. The van der Waals surface area contributed by atoms with Crippen molar-refractivity contribution >= 4 is 34.9 Å². The number of aromatic nitrogens is 2. The van der Waals surface area contributed by atoms with Gasteiger partial charge in [-0.2, -0.15) is 0 Å². The number of thioether (sulfide) groups is 1. The third-order valence-corrected chi connectivity index (χ3v) is 6.28. The number of carbonyl (C=O) groups is 1. The lowest BCUT2D eigenvalue weighted by Gasteiger charge is -2.36. The molecule has 1 aliphatic rings. The molecule has 34 heavy (non-hydrogen) atoms. The highest BCUT2D eigenvalue weighted by Crippen LogP contribution is 2.30. The molecule has 8 nitrogen and oxygen atoms in total. The van der Waals surface area contributed by atoms with Crippen LogP contribution >= 0.6 is 11.8 Å². The van der Waals surface area contributed by atoms with Gasteiger partial charge in [0, 0.05) is 49.8 Å². The van der Waals surface area contributed by atoms with E-state index in [1.54, 1.807) is 50.7 Å². The molecule has 0 aliphatic carbocycles. The van der Waals surface area contributed by atoms with E-state index in [4.69, 9.17) is 9.47 Å². The molecule has 0 atom stereocenters. The van der Waals surface area contributed by atoms with Crippen molar-refractivity contribution in [1.82, 2.24) is 9.97 Å². The van der Waals surface area contributed by atoms with Crippen LogP contribution in [0.1, 0.15) is 0 Å². The van der Waals surface area contributed by atoms with Gasteiger partial charge in [0.15, 0.2) is 16.7 Å². The molecular formula is C24H26FN5O3S. The van der Waals surface area contributed by atoms with Crippen LogP contribution in [0.25, 0.3) is 0 Å². The van der Waals surface area contributed by atoms with Crippen molar-refractivity contribution in [2.24, 2.45) is 0 Å². The molecule has 0 spiro atoms. The first-order valence-electron chi connectivity index (χ1n) is 10.8. The van der Waals surface area contributed by atoms with E-state index < -0.39 is 0 Å². The number of ether oxygens (including phenoxy) is 2. The summed E-state index contributed by atoms with van der Waals surface area (Å²) in [4.78, 5) is 25.8. The van der Waals surface area contributed by atoms with Gasteiger partial charge in [-0.05, 0) is 42.5 Å². The van der Waals surface area contributed by atoms with Gasteiger partial charge in [0.1, 0.15) is 11.6 Å². The number of hydrogen-bond acceptors (Lipinski definition) is 8. The molecule has 2 aromatic carbocycles. The van der Waals surface area contributed by atoms with Crippen molar-refractivity contribution in [2.45, 2.75) is 5.16 Å². The fraction of sp³-hybridized carbons (Fsp3) is 0.292. The third-order valence-electron chi connectivity index (χ3n) is 5.41. The first-order chi connectivity index (χ1) is 16.6. The Labute approximate surface area is 202 Å². The van der Waals surface area contributed by atoms with Gasteiger partial charge < -0.3 is 24.6 Å². The standard InChI is InChI=1S/C24H26FN5O3S/c1-32-20-8-5-18(15-21(20)33-2)27-23(31)16-34-24-26-10-9-22(28-24)30-13-11-29(12-14-30)19-6-3-17(25)4-7-19/h3-10,15H,11-14,16H2,1-2H3,(H,27,31). The molecule has 4 rings (SSSR count). The van der Waals surface area contributed by atoms with Gasteiger partial charge in [-0.25, -0.2) is 14.4 Å². The molecule has 178 valence electrons. The molecule has 1 fully saturated rings. The van der Waals surface area contributed by atoms with E-state index in [0.29, 0.717) is 22.3 Å². The molecule has 0 bridgehead atoms. The lowest BCUT2D eigenvalue weighted by Crippen LogP contribution is -2.46. The zero-order valence-electron chi connectivity index (χ0n) is 19.0. The summed E-state index contributed by atoms with van der Waals surface area (Å²) >= 11 is 1.28. The topological polar surface area (TPSA) is 79.8 Å². The number of halogens is 1.